The Labute approximate surface area is 144 Å². The normalized spacial score (nSPS) is 11.4. The molecular formula is C18H17BrN2O2. The topological polar surface area (TPSA) is 53.3 Å². The van der Waals surface area contributed by atoms with Gasteiger partial charge in [-0.25, -0.2) is 0 Å². The highest BCUT2D eigenvalue weighted by atomic mass is 79.9. The molecule has 0 N–H and O–H groups in total. The molecule has 0 saturated heterocycles. The maximum atomic E-state index is 12.4. The van der Waals surface area contributed by atoms with Crippen molar-refractivity contribution >= 4 is 21.8 Å². The third kappa shape index (κ3) is 4.57. The Balaban J connectivity index is 1.98. The molecule has 0 aliphatic heterocycles. The number of hydrogen-bond acceptors (Lipinski definition) is 3. The summed E-state index contributed by atoms with van der Waals surface area (Å²) in [5.41, 5.74) is 1.59. The lowest BCUT2D eigenvalue weighted by molar-refractivity contribution is -0.137. The molecule has 0 fully saturated rings. The summed E-state index contributed by atoms with van der Waals surface area (Å²) in [7, 11) is 1.75. The fourth-order valence-electron chi connectivity index (χ4n) is 2.13. The lowest BCUT2D eigenvalue weighted by atomic mass is 10.2. The Bertz CT molecular complexity index is 723. The lowest BCUT2D eigenvalue weighted by Crippen LogP contribution is -2.37. The number of rotatable bonds is 5. The van der Waals surface area contributed by atoms with Crippen molar-refractivity contribution in [2.45, 2.75) is 19.6 Å². The summed E-state index contributed by atoms with van der Waals surface area (Å²) >= 11 is 3.48. The number of amides is 1. The van der Waals surface area contributed by atoms with Gasteiger partial charge in [0.2, 0.25) is 0 Å². The van der Waals surface area contributed by atoms with Crippen molar-refractivity contribution in [2.75, 3.05) is 7.05 Å². The van der Waals surface area contributed by atoms with Crippen LogP contribution in [0.15, 0.2) is 53.0 Å². The minimum absolute atomic E-state index is 0.106. The lowest BCUT2D eigenvalue weighted by Gasteiger charge is -2.22. The third-order valence-corrected chi connectivity index (χ3v) is 4.16. The van der Waals surface area contributed by atoms with Crippen LogP contribution < -0.4 is 4.74 Å². The van der Waals surface area contributed by atoms with E-state index in [1.54, 1.807) is 43.1 Å². The van der Waals surface area contributed by atoms with Crippen LogP contribution in [0.4, 0.5) is 0 Å². The summed E-state index contributed by atoms with van der Waals surface area (Å²) < 4.78 is 6.62. The van der Waals surface area contributed by atoms with Gasteiger partial charge in [0.15, 0.2) is 6.10 Å². The molecule has 118 valence electrons. The molecule has 0 bridgehead atoms. The molecule has 0 aromatic heterocycles. The first-order chi connectivity index (χ1) is 11.0. The Morgan fingerprint density at radius 3 is 2.52 bits per heavy atom. The predicted octanol–water partition coefficient (Wildman–Crippen LogP) is 3.75. The summed E-state index contributed by atoms with van der Waals surface area (Å²) in [4.78, 5) is 14.1. The number of likely N-dealkylation sites (N-methyl/N-ethyl adjacent to an activating group) is 1. The largest absolute Gasteiger partial charge is 0.481 e. The first kappa shape index (κ1) is 17.0. The second-order valence-electron chi connectivity index (χ2n) is 5.18. The molecule has 0 heterocycles. The first-order valence-electron chi connectivity index (χ1n) is 7.16. The smallest absolute Gasteiger partial charge is 0.263 e. The molecule has 1 atom stereocenters. The summed E-state index contributed by atoms with van der Waals surface area (Å²) in [6, 6.07) is 16.6. The third-order valence-electron chi connectivity index (χ3n) is 3.39. The molecule has 2 aromatic carbocycles. The molecule has 0 radical (unpaired) electrons. The van der Waals surface area contributed by atoms with Gasteiger partial charge in [-0.2, -0.15) is 5.26 Å². The van der Waals surface area contributed by atoms with Crippen molar-refractivity contribution < 1.29 is 9.53 Å². The van der Waals surface area contributed by atoms with Crippen molar-refractivity contribution in [1.82, 2.24) is 4.90 Å². The van der Waals surface area contributed by atoms with Crippen molar-refractivity contribution in [3.63, 3.8) is 0 Å². The quantitative estimate of drug-likeness (QED) is 0.802. The first-order valence-corrected chi connectivity index (χ1v) is 7.95. The van der Waals surface area contributed by atoms with E-state index in [9.17, 15) is 4.79 Å². The maximum absolute atomic E-state index is 12.4. The van der Waals surface area contributed by atoms with E-state index >= 15 is 0 Å². The molecule has 23 heavy (non-hydrogen) atoms. The Kier molecular flexibility index (Phi) is 5.78. The highest BCUT2D eigenvalue weighted by molar-refractivity contribution is 9.10. The number of ether oxygens (including phenoxy) is 1. The van der Waals surface area contributed by atoms with Gasteiger partial charge in [-0.15, -0.1) is 0 Å². The number of nitrogens with zero attached hydrogens (tertiary/aromatic N) is 2. The average Bonchev–Trinajstić information content (AvgIpc) is 2.56. The summed E-state index contributed by atoms with van der Waals surface area (Å²) in [6.45, 7) is 2.22. The van der Waals surface area contributed by atoms with Crippen LogP contribution in [0.1, 0.15) is 18.1 Å². The maximum Gasteiger partial charge on any atom is 0.263 e. The van der Waals surface area contributed by atoms with Crippen LogP contribution in [0.5, 0.6) is 5.75 Å². The van der Waals surface area contributed by atoms with Crippen LogP contribution in [0.2, 0.25) is 0 Å². The second kappa shape index (κ2) is 7.80. The zero-order valence-corrected chi connectivity index (χ0v) is 14.6. The van der Waals surface area contributed by atoms with E-state index in [-0.39, 0.29) is 5.91 Å². The van der Waals surface area contributed by atoms with E-state index in [0.717, 1.165) is 10.0 Å². The van der Waals surface area contributed by atoms with E-state index in [1.807, 2.05) is 30.3 Å². The van der Waals surface area contributed by atoms with Crippen molar-refractivity contribution in [2.24, 2.45) is 0 Å². The van der Waals surface area contributed by atoms with Gasteiger partial charge >= 0.3 is 0 Å². The molecule has 0 aliphatic carbocycles. The van der Waals surface area contributed by atoms with Gasteiger partial charge in [0.05, 0.1) is 11.6 Å². The van der Waals surface area contributed by atoms with E-state index in [1.165, 1.54) is 0 Å². The number of carbonyl (C=O) groups is 1. The van der Waals surface area contributed by atoms with E-state index < -0.39 is 6.10 Å². The molecule has 5 heteroatoms. The van der Waals surface area contributed by atoms with E-state index in [4.69, 9.17) is 10.00 Å². The van der Waals surface area contributed by atoms with Crippen LogP contribution in [0.25, 0.3) is 0 Å². The molecule has 2 aromatic rings. The van der Waals surface area contributed by atoms with Gasteiger partial charge in [0, 0.05) is 18.1 Å². The highest BCUT2D eigenvalue weighted by Crippen LogP contribution is 2.18. The summed E-state index contributed by atoms with van der Waals surface area (Å²) in [5, 5.41) is 8.78. The Morgan fingerprint density at radius 1 is 1.26 bits per heavy atom. The van der Waals surface area contributed by atoms with Crippen LogP contribution in [0, 0.1) is 11.3 Å². The Hall–Kier alpha value is -2.32. The minimum atomic E-state index is -0.601. The molecule has 1 amide bonds. The second-order valence-corrected chi connectivity index (χ2v) is 6.04. The number of nitriles is 1. The van der Waals surface area contributed by atoms with Gasteiger partial charge in [0.25, 0.3) is 5.91 Å². The molecule has 2 rings (SSSR count). The van der Waals surface area contributed by atoms with Crippen LogP contribution in [0.3, 0.4) is 0 Å². The molecule has 0 saturated carbocycles. The minimum Gasteiger partial charge on any atom is -0.481 e. The highest BCUT2D eigenvalue weighted by Gasteiger charge is 2.19. The zero-order chi connectivity index (χ0) is 16.8. The van der Waals surface area contributed by atoms with E-state index in [0.29, 0.717) is 17.9 Å². The predicted molar refractivity (Wildman–Crippen MR) is 91.9 cm³/mol. The fourth-order valence-corrected chi connectivity index (χ4v) is 2.54. The summed E-state index contributed by atoms with van der Waals surface area (Å²) in [6.07, 6.45) is -0.601. The van der Waals surface area contributed by atoms with Gasteiger partial charge in [-0.1, -0.05) is 34.1 Å². The molecule has 1 unspecified atom stereocenters. The molecule has 0 aliphatic rings. The number of halogens is 1. The van der Waals surface area contributed by atoms with Crippen LogP contribution >= 0.6 is 15.9 Å². The molecular weight excluding hydrogens is 356 g/mol. The molecule has 0 spiro atoms. The van der Waals surface area contributed by atoms with Crippen molar-refractivity contribution in [1.29, 1.82) is 5.26 Å². The SMILES string of the molecule is CC(Oc1ccc(C#N)cc1)C(=O)N(C)Cc1ccccc1Br. The zero-order valence-electron chi connectivity index (χ0n) is 13.0. The molecule has 4 nitrogen and oxygen atoms in total. The van der Waals surface area contributed by atoms with Gasteiger partial charge < -0.3 is 9.64 Å². The standard InChI is InChI=1S/C18H17BrN2O2/c1-13(23-16-9-7-14(11-20)8-10-16)18(22)21(2)12-15-5-3-4-6-17(15)19/h3-10,13H,12H2,1-2H3. The van der Waals surface area contributed by atoms with Gasteiger partial charge in [0.1, 0.15) is 5.75 Å². The van der Waals surface area contributed by atoms with Crippen molar-refractivity contribution in [3.05, 3.63) is 64.1 Å². The number of hydrogen-bond donors (Lipinski definition) is 0. The Morgan fingerprint density at radius 2 is 1.91 bits per heavy atom. The summed E-state index contributed by atoms with van der Waals surface area (Å²) in [5.74, 6) is 0.462. The monoisotopic (exact) mass is 372 g/mol. The average molecular weight is 373 g/mol. The van der Waals surface area contributed by atoms with Crippen LogP contribution in [-0.4, -0.2) is 24.0 Å². The van der Waals surface area contributed by atoms with Gasteiger partial charge in [-0.05, 0) is 42.8 Å². The number of benzene rings is 2. The number of carbonyl (C=O) groups excluding carboxylic acids is 1. The van der Waals surface area contributed by atoms with E-state index in [2.05, 4.69) is 15.9 Å². The van der Waals surface area contributed by atoms with Crippen molar-refractivity contribution in [3.8, 4) is 11.8 Å². The van der Waals surface area contributed by atoms with Gasteiger partial charge in [-0.3, -0.25) is 4.79 Å². The fraction of sp³-hybridized carbons (Fsp3) is 0.222. The van der Waals surface area contributed by atoms with Crippen LogP contribution in [-0.2, 0) is 11.3 Å².